The summed E-state index contributed by atoms with van der Waals surface area (Å²) >= 11 is 0. The first-order valence-corrected chi connectivity index (χ1v) is 5.53. The van der Waals surface area contributed by atoms with Gasteiger partial charge in [0.1, 0.15) is 23.2 Å². The van der Waals surface area contributed by atoms with Crippen molar-refractivity contribution in [2.45, 2.75) is 27.2 Å². The van der Waals surface area contributed by atoms with Gasteiger partial charge in [-0.1, -0.05) is 0 Å². The Bertz CT molecular complexity index is 542. The van der Waals surface area contributed by atoms with Crippen LogP contribution in [0.25, 0.3) is 0 Å². The predicted molar refractivity (Wildman–Crippen MR) is 66.9 cm³/mol. The topological polar surface area (TPSA) is 41.8 Å². The van der Waals surface area contributed by atoms with Crippen LogP contribution in [0.5, 0.6) is 0 Å². The highest BCUT2D eigenvalue weighted by Crippen LogP contribution is 2.15. The summed E-state index contributed by atoms with van der Waals surface area (Å²) in [5.41, 5.74) is 0.225. The summed E-state index contributed by atoms with van der Waals surface area (Å²) in [5.74, 6) is -3.16. The summed E-state index contributed by atoms with van der Waals surface area (Å²) in [6.07, 6.45) is -0.146. The number of hydrogen-bond acceptors (Lipinski definition) is 3. The number of halogens is 3. The van der Waals surface area contributed by atoms with Crippen LogP contribution in [0.15, 0.2) is 22.3 Å². The van der Waals surface area contributed by atoms with Crippen LogP contribution in [0.4, 0.5) is 13.2 Å². The molecule has 0 aliphatic heterocycles. The summed E-state index contributed by atoms with van der Waals surface area (Å²) < 4.78 is 39.5. The molecule has 0 spiro atoms. The number of Topliss-reactive ketones (excluding diaryl/α,β-unsaturated/α-hetero) is 1. The Labute approximate surface area is 108 Å². The third kappa shape index (κ3) is 4.31. The monoisotopic (exact) mass is 270 g/mol. The summed E-state index contributed by atoms with van der Waals surface area (Å²) in [5, 5.41) is 7.33. The van der Waals surface area contributed by atoms with Crippen LogP contribution in [-0.2, 0) is 11.2 Å². The largest absolute Gasteiger partial charge is 0.293 e. The number of hydrogen-bond donors (Lipinski definition) is 0. The molecule has 0 N–H and O–H groups in total. The van der Waals surface area contributed by atoms with E-state index in [9.17, 15) is 18.0 Å². The van der Waals surface area contributed by atoms with Crippen molar-refractivity contribution in [2.24, 2.45) is 10.2 Å². The molecule has 1 aromatic rings. The first-order valence-electron chi connectivity index (χ1n) is 5.53. The lowest BCUT2D eigenvalue weighted by atomic mass is 10.1. The Balaban J connectivity index is 2.95. The molecule has 3 nitrogen and oxygen atoms in total. The van der Waals surface area contributed by atoms with E-state index in [1.165, 1.54) is 20.8 Å². The highest BCUT2D eigenvalue weighted by Gasteiger charge is 2.12. The van der Waals surface area contributed by atoms with Crippen LogP contribution in [0.1, 0.15) is 26.3 Å². The van der Waals surface area contributed by atoms with Crippen molar-refractivity contribution in [3.63, 3.8) is 0 Å². The van der Waals surface area contributed by atoms with Crippen LogP contribution in [-0.4, -0.2) is 17.2 Å². The van der Waals surface area contributed by atoms with Gasteiger partial charge in [0.2, 0.25) is 0 Å². The number of carbonyl (C=O) groups excluding carboxylic acids is 1. The molecule has 0 bridgehead atoms. The van der Waals surface area contributed by atoms with Crippen molar-refractivity contribution < 1.29 is 18.0 Å². The van der Waals surface area contributed by atoms with E-state index in [1.807, 2.05) is 0 Å². The number of rotatable bonds is 4. The molecule has 0 aromatic heterocycles. The van der Waals surface area contributed by atoms with Crippen molar-refractivity contribution in [1.29, 1.82) is 0 Å². The summed E-state index contributed by atoms with van der Waals surface area (Å²) in [6.45, 7) is 4.33. The summed E-state index contributed by atoms with van der Waals surface area (Å²) in [7, 11) is 0. The molecule has 0 saturated carbocycles. The molecule has 1 rings (SSSR count). The zero-order valence-corrected chi connectivity index (χ0v) is 10.8. The van der Waals surface area contributed by atoms with E-state index < -0.39 is 17.5 Å². The Hall–Kier alpha value is -1.98. The minimum atomic E-state index is -0.973. The summed E-state index contributed by atoms with van der Waals surface area (Å²) in [6, 6.07) is 1.21. The maximum Gasteiger partial charge on any atom is 0.175 e. The minimum Gasteiger partial charge on any atom is -0.293 e. The zero-order chi connectivity index (χ0) is 14.6. The Morgan fingerprint density at radius 1 is 1.05 bits per heavy atom. The molecule has 0 amide bonds. The van der Waals surface area contributed by atoms with Gasteiger partial charge < -0.3 is 0 Å². The average molecular weight is 270 g/mol. The van der Waals surface area contributed by atoms with Crippen LogP contribution < -0.4 is 0 Å². The second kappa shape index (κ2) is 6.26. The quantitative estimate of drug-likeness (QED) is 0.612. The molecule has 0 radical (unpaired) electrons. The molecular formula is C13H13F3N2O. The van der Waals surface area contributed by atoms with Crippen LogP contribution in [0.2, 0.25) is 0 Å². The van der Waals surface area contributed by atoms with Gasteiger partial charge in [0, 0.05) is 36.8 Å². The first-order chi connectivity index (χ1) is 8.81. The standard InChI is InChI=1S/C13H13F3N2O/c1-7(17-18-8(2)9(3)19)4-11-12(15)5-10(14)6-13(11)16/h5-6H,4H2,1-3H3/b17-7-,18-8-. The predicted octanol–water partition coefficient (Wildman–Crippen LogP) is 3.07. The van der Waals surface area contributed by atoms with Gasteiger partial charge >= 0.3 is 0 Å². The third-order valence-corrected chi connectivity index (χ3v) is 2.42. The van der Waals surface area contributed by atoms with Gasteiger partial charge in [-0.15, -0.1) is 0 Å². The van der Waals surface area contributed by atoms with E-state index in [4.69, 9.17) is 0 Å². The molecule has 0 aliphatic carbocycles. The first kappa shape index (κ1) is 15.1. The smallest absolute Gasteiger partial charge is 0.175 e. The van der Waals surface area contributed by atoms with Crippen molar-refractivity contribution in [3.8, 4) is 0 Å². The van der Waals surface area contributed by atoms with Crippen LogP contribution in [0, 0.1) is 17.5 Å². The van der Waals surface area contributed by atoms with E-state index in [1.54, 1.807) is 0 Å². The third-order valence-electron chi connectivity index (χ3n) is 2.42. The molecule has 0 unspecified atom stereocenters. The number of benzene rings is 1. The maximum absolute atomic E-state index is 13.4. The van der Waals surface area contributed by atoms with E-state index in [0.29, 0.717) is 17.8 Å². The highest BCUT2D eigenvalue weighted by molar-refractivity contribution is 6.37. The van der Waals surface area contributed by atoms with Crippen LogP contribution >= 0.6 is 0 Å². The van der Waals surface area contributed by atoms with Crippen molar-refractivity contribution in [3.05, 3.63) is 35.1 Å². The molecule has 1 aromatic carbocycles. The fourth-order valence-corrected chi connectivity index (χ4v) is 1.26. The van der Waals surface area contributed by atoms with E-state index in [0.717, 1.165) is 0 Å². The van der Waals surface area contributed by atoms with E-state index in [2.05, 4.69) is 10.2 Å². The van der Waals surface area contributed by atoms with E-state index in [-0.39, 0.29) is 23.5 Å². The molecule has 102 valence electrons. The fourth-order valence-electron chi connectivity index (χ4n) is 1.26. The van der Waals surface area contributed by atoms with Crippen molar-refractivity contribution in [2.75, 3.05) is 0 Å². The van der Waals surface area contributed by atoms with Gasteiger partial charge in [-0.2, -0.15) is 10.2 Å². The normalized spacial score (nSPS) is 12.7. The van der Waals surface area contributed by atoms with Gasteiger partial charge in [-0.05, 0) is 13.8 Å². The molecule has 0 heterocycles. The summed E-state index contributed by atoms with van der Waals surface area (Å²) in [4.78, 5) is 10.9. The van der Waals surface area contributed by atoms with Gasteiger partial charge in [-0.25, -0.2) is 13.2 Å². The number of ketones is 1. The fraction of sp³-hybridized carbons (Fsp3) is 0.308. The SMILES string of the molecule is CC(=O)/C(C)=N\N=C(\C)Cc1c(F)cc(F)cc1F. The second-order valence-electron chi connectivity index (χ2n) is 4.10. The lowest BCUT2D eigenvalue weighted by Crippen LogP contribution is -2.06. The van der Waals surface area contributed by atoms with Crippen molar-refractivity contribution >= 4 is 17.2 Å². The number of nitrogens with zero attached hydrogens (tertiary/aromatic N) is 2. The Morgan fingerprint density at radius 2 is 1.58 bits per heavy atom. The molecule has 19 heavy (non-hydrogen) atoms. The van der Waals surface area contributed by atoms with Gasteiger partial charge in [0.05, 0.1) is 0 Å². The highest BCUT2D eigenvalue weighted by atomic mass is 19.1. The molecule has 6 heteroatoms. The molecular weight excluding hydrogens is 257 g/mol. The zero-order valence-electron chi connectivity index (χ0n) is 10.8. The maximum atomic E-state index is 13.4. The van der Waals surface area contributed by atoms with Gasteiger partial charge in [-0.3, -0.25) is 4.79 Å². The molecule has 0 aliphatic rings. The molecule has 0 atom stereocenters. The average Bonchev–Trinajstić information content (AvgIpc) is 2.30. The van der Waals surface area contributed by atoms with Crippen molar-refractivity contribution in [1.82, 2.24) is 0 Å². The lowest BCUT2D eigenvalue weighted by molar-refractivity contribution is -0.111. The minimum absolute atomic E-state index is 0.146. The van der Waals surface area contributed by atoms with E-state index >= 15 is 0 Å². The second-order valence-corrected chi connectivity index (χ2v) is 4.10. The van der Waals surface area contributed by atoms with Gasteiger partial charge in [0.15, 0.2) is 5.78 Å². The lowest BCUT2D eigenvalue weighted by Gasteiger charge is -2.04. The van der Waals surface area contributed by atoms with Gasteiger partial charge in [0.25, 0.3) is 0 Å². The number of carbonyl (C=O) groups is 1. The van der Waals surface area contributed by atoms with Crippen LogP contribution in [0.3, 0.4) is 0 Å². The molecule has 0 saturated heterocycles. The Morgan fingerprint density at radius 3 is 2.05 bits per heavy atom. The Kier molecular flexibility index (Phi) is 4.97. The molecule has 0 fully saturated rings.